The van der Waals surface area contributed by atoms with Crippen LogP contribution in [-0.4, -0.2) is 43.2 Å². The van der Waals surface area contributed by atoms with Gasteiger partial charge in [0.25, 0.3) is 0 Å². The average molecular weight is 334 g/mol. The summed E-state index contributed by atoms with van der Waals surface area (Å²) >= 11 is 0. The second kappa shape index (κ2) is 11.2. The first kappa shape index (κ1) is 20.6. The summed E-state index contributed by atoms with van der Waals surface area (Å²) in [6.45, 7) is 4.03. The van der Waals surface area contributed by atoms with Crippen LogP contribution in [0.3, 0.4) is 0 Å². The summed E-state index contributed by atoms with van der Waals surface area (Å²) in [5.41, 5.74) is 1.54. The molecule has 122 valence electrons. The summed E-state index contributed by atoms with van der Waals surface area (Å²) in [7, 11) is 2.44. The second-order valence-corrected chi connectivity index (χ2v) is 7.99. The van der Waals surface area contributed by atoms with Gasteiger partial charge in [0.05, 0.1) is 0 Å². The van der Waals surface area contributed by atoms with Crippen LogP contribution in [0, 0.1) is 0 Å². The summed E-state index contributed by atoms with van der Waals surface area (Å²) < 4.78 is 17.0. The lowest BCUT2D eigenvalue weighted by Gasteiger charge is -2.32. The Kier molecular flexibility index (Phi) is 10.9. The lowest BCUT2D eigenvalue weighted by atomic mass is 10.1. The Bertz CT molecular complexity index is 355. The van der Waals surface area contributed by atoms with E-state index in [1.54, 1.807) is 21.3 Å². The van der Waals surface area contributed by atoms with Crippen molar-refractivity contribution in [1.29, 1.82) is 0 Å². The van der Waals surface area contributed by atoms with Gasteiger partial charge in [-0.05, 0) is 31.5 Å². The standard InChI is InChI=1S/C15H27NO3Si.ClH/c1-5-16-12-11-15(20(17-2,18-3)19-4)13-14-9-7-6-8-10-14;/h6-10,15-16H,5,11-13H2,1-4H3;1H. The van der Waals surface area contributed by atoms with Crippen LogP contribution in [-0.2, 0) is 19.7 Å². The summed E-state index contributed by atoms with van der Waals surface area (Å²) in [6, 6.07) is 10.4. The molecule has 21 heavy (non-hydrogen) atoms. The molecule has 0 aliphatic heterocycles. The lowest BCUT2D eigenvalue weighted by Crippen LogP contribution is -2.49. The van der Waals surface area contributed by atoms with Crippen molar-refractivity contribution in [3.63, 3.8) is 0 Å². The van der Waals surface area contributed by atoms with Gasteiger partial charge >= 0.3 is 8.80 Å². The van der Waals surface area contributed by atoms with Crippen molar-refractivity contribution in [2.24, 2.45) is 0 Å². The highest BCUT2D eigenvalue weighted by atomic mass is 35.5. The molecule has 1 aromatic carbocycles. The first-order valence-corrected chi connectivity index (χ1v) is 8.92. The average Bonchev–Trinajstić information content (AvgIpc) is 2.50. The van der Waals surface area contributed by atoms with E-state index in [2.05, 4.69) is 36.5 Å². The van der Waals surface area contributed by atoms with Crippen molar-refractivity contribution >= 4 is 21.2 Å². The fourth-order valence-electron chi connectivity index (χ4n) is 2.51. The smallest absolute Gasteiger partial charge is 0.377 e. The number of hydrogen-bond acceptors (Lipinski definition) is 4. The van der Waals surface area contributed by atoms with Crippen LogP contribution in [0.5, 0.6) is 0 Å². The molecule has 0 radical (unpaired) electrons. The largest absolute Gasteiger partial charge is 0.503 e. The first-order valence-electron chi connectivity index (χ1n) is 7.12. The van der Waals surface area contributed by atoms with Crippen LogP contribution in [0.25, 0.3) is 0 Å². The van der Waals surface area contributed by atoms with Crippen molar-refractivity contribution in [3.05, 3.63) is 35.9 Å². The zero-order valence-electron chi connectivity index (χ0n) is 13.4. The minimum Gasteiger partial charge on any atom is -0.377 e. The summed E-state index contributed by atoms with van der Waals surface area (Å²) in [6.07, 6.45) is 1.89. The van der Waals surface area contributed by atoms with Gasteiger partial charge in [-0.3, -0.25) is 0 Å². The monoisotopic (exact) mass is 333 g/mol. The molecular weight excluding hydrogens is 306 g/mol. The van der Waals surface area contributed by atoms with E-state index in [1.807, 2.05) is 6.07 Å². The van der Waals surface area contributed by atoms with Gasteiger partial charge in [-0.1, -0.05) is 37.3 Å². The number of nitrogens with one attached hydrogen (secondary N) is 1. The van der Waals surface area contributed by atoms with E-state index in [9.17, 15) is 0 Å². The van der Waals surface area contributed by atoms with Gasteiger partial charge in [-0.2, -0.15) is 0 Å². The third kappa shape index (κ3) is 6.06. The minimum absolute atomic E-state index is 0. The Morgan fingerprint density at radius 3 is 2.10 bits per heavy atom. The van der Waals surface area contributed by atoms with Gasteiger partial charge in [-0.15, -0.1) is 12.4 Å². The highest BCUT2D eigenvalue weighted by Crippen LogP contribution is 2.31. The molecule has 0 aromatic heterocycles. The van der Waals surface area contributed by atoms with Gasteiger partial charge in [0.2, 0.25) is 0 Å². The van der Waals surface area contributed by atoms with E-state index in [4.69, 9.17) is 13.3 Å². The maximum Gasteiger partial charge on any atom is 0.503 e. The zero-order chi connectivity index (χ0) is 14.8. The molecule has 1 unspecified atom stereocenters. The Hall–Kier alpha value is -0.433. The molecule has 0 heterocycles. The Morgan fingerprint density at radius 2 is 1.62 bits per heavy atom. The summed E-state index contributed by atoms with van der Waals surface area (Å²) in [5.74, 6) is 0. The van der Waals surface area contributed by atoms with Crippen LogP contribution in [0.4, 0.5) is 0 Å². The van der Waals surface area contributed by atoms with E-state index in [1.165, 1.54) is 5.56 Å². The summed E-state index contributed by atoms with van der Waals surface area (Å²) in [5, 5.41) is 3.36. The molecule has 0 saturated heterocycles. The van der Waals surface area contributed by atoms with Gasteiger partial charge in [0, 0.05) is 26.9 Å². The van der Waals surface area contributed by atoms with Crippen molar-refractivity contribution in [2.75, 3.05) is 34.4 Å². The Morgan fingerprint density at radius 1 is 1.05 bits per heavy atom. The molecule has 0 spiro atoms. The van der Waals surface area contributed by atoms with E-state index >= 15 is 0 Å². The molecule has 0 amide bonds. The molecule has 0 bridgehead atoms. The van der Waals surface area contributed by atoms with Gasteiger partial charge in [0.15, 0.2) is 0 Å². The normalized spacial score (nSPS) is 12.8. The van der Waals surface area contributed by atoms with E-state index in [0.717, 1.165) is 25.9 Å². The van der Waals surface area contributed by atoms with Crippen LogP contribution in [0.2, 0.25) is 5.54 Å². The molecule has 0 aliphatic rings. The molecule has 4 nitrogen and oxygen atoms in total. The van der Waals surface area contributed by atoms with E-state index in [0.29, 0.717) is 0 Å². The van der Waals surface area contributed by atoms with Crippen molar-refractivity contribution in [2.45, 2.75) is 25.3 Å². The number of hydrogen-bond donors (Lipinski definition) is 1. The predicted molar refractivity (Wildman–Crippen MR) is 91.1 cm³/mol. The quantitative estimate of drug-likeness (QED) is 0.528. The maximum absolute atomic E-state index is 5.67. The van der Waals surface area contributed by atoms with E-state index in [-0.39, 0.29) is 17.9 Å². The van der Waals surface area contributed by atoms with Crippen molar-refractivity contribution in [3.8, 4) is 0 Å². The highest BCUT2D eigenvalue weighted by Gasteiger charge is 2.46. The van der Waals surface area contributed by atoms with Crippen LogP contribution in [0.15, 0.2) is 30.3 Å². The zero-order valence-corrected chi connectivity index (χ0v) is 15.2. The third-order valence-electron chi connectivity index (χ3n) is 3.60. The predicted octanol–water partition coefficient (Wildman–Crippen LogP) is 2.90. The van der Waals surface area contributed by atoms with Crippen LogP contribution in [0.1, 0.15) is 18.9 Å². The van der Waals surface area contributed by atoms with E-state index < -0.39 is 8.80 Å². The maximum atomic E-state index is 5.67. The van der Waals surface area contributed by atoms with Gasteiger partial charge in [-0.25, -0.2) is 0 Å². The second-order valence-electron chi connectivity index (χ2n) is 4.74. The number of rotatable bonds is 10. The topological polar surface area (TPSA) is 39.7 Å². The molecule has 0 aliphatic carbocycles. The molecule has 1 aromatic rings. The molecular formula is C15H28ClNO3Si. The fourth-order valence-corrected chi connectivity index (χ4v) is 4.99. The Balaban J connectivity index is 0.00000400. The van der Waals surface area contributed by atoms with Crippen LogP contribution >= 0.6 is 12.4 Å². The molecule has 0 saturated carbocycles. The van der Waals surface area contributed by atoms with Gasteiger partial charge in [0.1, 0.15) is 0 Å². The molecule has 6 heteroatoms. The minimum atomic E-state index is -2.62. The molecule has 1 atom stereocenters. The van der Waals surface area contributed by atoms with Crippen molar-refractivity contribution < 1.29 is 13.3 Å². The highest BCUT2D eigenvalue weighted by molar-refractivity contribution is 6.62. The molecule has 1 rings (SSSR count). The SMILES string of the molecule is CCNCCC(Cc1ccccc1)[Si](OC)(OC)OC.Cl. The summed E-state index contributed by atoms with van der Waals surface area (Å²) in [4.78, 5) is 0. The number of halogens is 1. The number of benzene rings is 1. The molecule has 1 N–H and O–H groups in total. The van der Waals surface area contributed by atoms with Gasteiger partial charge < -0.3 is 18.6 Å². The first-order chi connectivity index (χ1) is 9.72. The van der Waals surface area contributed by atoms with Crippen LogP contribution < -0.4 is 5.32 Å². The third-order valence-corrected chi connectivity index (χ3v) is 6.80. The fraction of sp³-hybridized carbons (Fsp3) is 0.600. The Labute approximate surface area is 136 Å². The van der Waals surface area contributed by atoms with Crippen molar-refractivity contribution in [1.82, 2.24) is 5.32 Å². The lowest BCUT2D eigenvalue weighted by molar-refractivity contribution is 0.109. The molecule has 0 fully saturated rings.